The van der Waals surface area contributed by atoms with Gasteiger partial charge in [0.25, 0.3) is 0 Å². The van der Waals surface area contributed by atoms with Gasteiger partial charge in [-0.3, -0.25) is 4.79 Å². The van der Waals surface area contributed by atoms with Gasteiger partial charge in [0.1, 0.15) is 0 Å². The molecule has 0 spiro atoms. The van der Waals surface area contributed by atoms with Crippen LogP contribution in [-0.2, 0) is 4.79 Å². The molecule has 1 aliphatic carbocycles. The molecule has 3 fully saturated rings. The van der Waals surface area contributed by atoms with Crippen molar-refractivity contribution < 1.29 is 9.90 Å². The Morgan fingerprint density at radius 2 is 1.89 bits per heavy atom. The maximum absolute atomic E-state index is 11.7. The van der Waals surface area contributed by atoms with E-state index in [0.717, 1.165) is 19.1 Å². The molecule has 4 nitrogen and oxygen atoms in total. The molecule has 1 amide bonds. The van der Waals surface area contributed by atoms with Crippen molar-refractivity contribution in [1.29, 1.82) is 0 Å². The van der Waals surface area contributed by atoms with Crippen molar-refractivity contribution in [3.8, 4) is 0 Å². The van der Waals surface area contributed by atoms with Gasteiger partial charge in [-0.25, -0.2) is 0 Å². The van der Waals surface area contributed by atoms with E-state index in [4.69, 9.17) is 0 Å². The van der Waals surface area contributed by atoms with Gasteiger partial charge in [0.15, 0.2) is 0 Å². The largest absolute Gasteiger partial charge is 0.391 e. The number of hydrogen-bond donors (Lipinski definition) is 1. The molecule has 108 valence electrons. The van der Waals surface area contributed by atoms with Crippen LogP contribution in [0.4, 0.5) is 0 Å². The zero-order valence-corrected chi connectivity index (χ0v) is 11.8. The minimum atomic E-state index is -0.429. The Morgan fingerprint density at radius 1 is 1.11 bits per heavy atom. The zero-order valence-electron chi connectivity index (χ0n) is 11.8. The van der Waals surface area contributed by atoms with Crippen molar-refractivity contribution in [1.82, 2.24) is 9.80 Å². The maximum atomic E-state index is 11.7. The Kier molecular flexibility index (Phi) is 4.08. The number of carbonyl (C=O) groups is 1. The molecule has 2 saturated heterocycles. The summed E-state index contributed by atoms with van der Waals surface area (Å²) in [6, 6.07) is 0.808. The highest BCUT2D eigenvalue weighted by molar-refractivity contribution is 5.79. The fourth-order valence-electron chi connectivity index (χ4n) is 4.09. The first-order valence-electron chi connectivity index (χ1n) is 7.92. The Balaban J connectivity index is 1.52. The highest BCUT2D eigenvalue weighted by Crippen LogP contribution is 2.28. The lowest BCUT2D eigenvalue weighted by Crippen LogP contribution is -2.45. The molecule has 0 aromatic heterocycles. The zero-order chi connectivity index (χ0) is 13.2. The first kappa shape index (κ1) is 13.4. The van der Waals surface area contributed by atoms with Gasteiger partial charge in [0, 0.05) is 25.7 Å². The molecular weight excluding hydrogens is 240 g/mol. The monoisotopic (exact) mass is 266 g/mol. The molecular formula is C15H26N2O2. The molecule has 2 heterocycles. The normalized spacial score (nSPS) is 34.4. The number of piperidine rings is 1. The van der Waals surface area contributed by atoms with E-state index < -0.39 is 6.10 Å². The van der Waals surface area contributed by atoms with Crippen LogP contribution >= 0.6 is 0 Å². The number of rotatable bonds is 3. The van der Waals surface area contributed by atoms with Gasteiger partial charge < -0.3 is 14.9 Å². The second-order valence-corrected chi connectivity index (χ2v) is 6.60. The number of hydrogen-bond acceptors (Lipinski definition) is 3. The summed E-state index contributed by atoms with van der Waals surface area (Å²) in [7, 11) is 0. The number of nitrogens with zero attached hydrogens (tertiary/aromatic N) is 2. The van der Waals surface area contributed by atoms with Crippen LogP contribution in [0.2, 0.25) is 0 Å². The summed E-state index contributed by atoms with van der Waals surface area (Å²) >= 11 is 0. The van der Waals surface area contributed by atoms with Crippen LogP contribution in [0, 0.1) is 5.92 Å². The number of carbonyl (C=O) groups excluding carboxylic acids is 1. The molecule has 3 aliphatic rings. The molecule has 2 atom stereocenters. The average molecular weight is 266 g/mol. The van der Waals surface area contributed by atoms with Gasteiger partial charge in [0.05, 0.1) is 12.5 Å². The van der Waals surface area contributed by atoms with Crippen molar-refractivity contribution in [3.05, 3.63) is 0 Å². The van der Waals surface area contributed by atoms with Gasteiger partial charge in [-0.15, -0.1) is 0 Å². The van der Waals surface area contributed by atoms with Crippen molar-refractivity contribution in [2.75, 3.05) is 26.2 Å². The van der Waals surface area contributed by atoms with E-state index in [1.165, 1.54) is 45.1 Å². The first-order chi connectivity index (χ1) is 9.22. The molecule has 1 N–H and O–H groups in total. The van der Waals surface area contributed by atoms with Crippen LogP contribution in [0.1, 0.15) is 44.9 Å². The van der Waals surface area contributed by atoms with Gasteiger partial charge in [0.2, 0.25) is 5.91 Å². The molecule has 2 unspecified atom stereocenters. The summed E-state index contributed by atoms with van der Waals surface area (Å²) < 4.78 is 0. The topological polar surface area (TPSA) is 43.8 Å². The van der Waals surface area contributed by atoms with Gasteiger partial charge in [-0.05, 0) is 38.1 Å². The quantitative estimate of drug-likeness (QED) is 0.835. The molecule has 1 saturated carbocycles. The summed E-state index contributed by atoms with van der Waals surface area (Å²) in [4.78, 5) is 16.3. The van der Waals surface area contributed by atoms with Crippen molar-refractivity contribution >= 4 is 5.91 Å². The fraction of sp³-hybridized carbons (Fsp3) is 0.933. The van der Waals surface area contributed by atoms with E-state index in [1.54, 1.807) is 0 Å². The summed E-state index contributed by atoms with van der Waals surface area (Å²) in [6.07, 6.45) is 7.93. The van der Waals surface area contributed by atoms with Crippen LogP contribution in [-0.4, -0.2) is 59.1 Å². The molecule has 19 heavy (non-hydrogen) atoms. The summed E-state index contributed by atoms with van der Waals surface area (Å²) in [5, 5.41) is 9.55. The van der Waals surface area contributed by atoms with Crippen LogP contribution < -0.4 is 0 Å². The summed E-state index contributed by atoms with van der Waals surface area (Å²) in [5.41, 5.74) is 0. The number of likely N-dealkylation sites (tertiary alicyclic amines) is 2. The van der Waals surface area contributed by atoms with E-state index in [9.17, 15) is 9.90 Å². The van der Waals surface area contributed by atoms with Crippen LogP contribution in [0.5, 0.6) is 0 Å². The third-order valence-electron chi connectivity index (χ3n) is 5.06. The van der Waals surface area contributed by atoms with Crippen molar-refractivity contribution in [3.63, 3.8) is 0 Å². The van der Waals surface area contributed by atoms with Crippen LogP contribution in [0.3, 0.4) is 0 Å². The molecule has 0 bridgehead atoms. The van der Waals surface area contributed by atoms with E-state index in [1.807, 2.05) is 4.90 Å². The Bertz CT molecular complexity index is 328. The molecule has 0 aromatic carbocycles. The van der Waals surface area contributed by atoms with Gasteiger partial charge in [-0.2, -0.15) is 0 Å². The minimum Gasteiger partial charge on any atom is -0.391 e. The fourth-order valence-corrected chi connectivity index (χ4v) is 4.09. The van der Waals surface area contributed by atoms with E-state index in [2.05, 4.69) is 4.90 Å². The second-order valence-electron chi connectivity index (χ2n) is 6.60. The van der Waals surface area contributed by atoms with Crippen LogP contribution in [0.25, 0.3) is 0 Å². The third-order valence-corrected chi connectivity index (χ3v) is 5.06. The highest BCUT2D eigenvalue weighted by atomic mass is 16.3. The molecule has 2 aliphatic heterocycles. The van der Waals surface area contributed by atoms with E-state index >= 15 is 0 Å². The number of β-amino-alcohol motifs (C(OH)–C–C–N with tert-alkyl or cyclic N) is 1. The minimum absolute atomic E-state index is 0.144. The lowest BCUT2D eigenvalue weighted by atomic mass is 9.95. The van der Waals surface area contributed by atoms with Crippen molar-refractivity contribution in [2.45, 2.75) is 57.1 Å². The van der Waals surface area contributed by atoms with Gasteiger partial charge >= 0.3 is 0 Å². The van der Waals surface area contributed by atoms with Gasteiger partial charge in [-0.1, -0.05) is 12.8 Å². The Morgan fingerprint density at radius 3 is 2.58 bits per heavy atom. The predicted molar refractivity (Wildman–Crippen MR) is 73.8 cm³/mol. The molecule has 0 radical (unpaired) electrons. The molecule has 3 rings (SSSR count). The smallest absolute Gasteiger partial charge is 0.225 e. The SMILES string of the molecule is O=C1CC(O)CN1CC1CCCN(C2CCCC2)C1. The van der Waals surface area contributed by atoms with Crippen LogP contribution in [0.15, 0.2) is 0 Å². The molecule has 0 aromatic rings. The lowest BCUT2D eigenvalue weighted by molar-refractivity contribution is -0.128. The average Bonchev–Trinajstić information content (AvgIpc) is 3.01. The predicted octanol–water partition coefficient (Wildman–Crippen LogP) is 1.23. The van der Waals surface area contributed by atoms with Crippen molar-refractivity contribution in [2.24, 2.45) is 5.92 Å². The van der Waals surface area contributed by atoms with E-state index in [-0.39, 0.29) is 5.91 Å². The Labute approximate surface area is 115 Å². The molecule has 4 heteroatoms. The Hall–Kier alpha value is -0.610. The summed E-state index contributed by atoms with van der Waals surface area (Å²) in [6.45, 7) is 3.82. The maximum Gasteiger partial charge on any atom is 0.225 e. The standard InChI is InChI=1S/C15H26N2O2/c18-14-8-15(19)17(11-14)10-12-4-3-7-16(9-12)13-5-1-2-6-13/h12-14,18H,1-11H2. The number of aliphatic hydroxyl groups excluding tert-OH is 1. The second kappa shape index (κ2) is 5.80. The third kappa shape index (κ3) is 3.11. The summed E-state index contributed by atoms with van der Waals surface area (Å²) in [5.74, 6) is 0.758. The highest BCUT2D eigenvalue weighted by Gasteiger charge is 2.33. The number of aliphatic hydroxyl groups is 1. The van der Waals surface area contributed by atoms with E-state index in [0.29, 0.717) is 18.9 Å². The first-order valence-corrected chi connectivity index (χ1v) is 7.92. The lowest BCUT2D eigenvalue weighted by Gasteiger charge is -2.38. The number of amides is 1.